The average molecular weight is 229 g/mol. The summed E-state index contributed by atoms with van der Waals surface area (Å²) in [6, 6.07) is -0.261. The van der Waals surface area contributed by atoms with E-state index < -0.39 is 6.10 Å². The lowest BCUT2D eigenvalue weighted by Crippen LogP contribution is -2.44. The van der Waals surface area contributed by atoms with Gasteiger partial charge < -0.3 is 15.6 Å². The number of ether oxygens (including phenoxy) is 1. The van der Waals surface area contributed by atoms with Gasteiger partial charge in [-0.15, -0.1) is 0 Å². The predicted octanol–water partition coefficient (Wildman–Crippen LogP) is 1.92. The van der Waals surface area contributed by atoms with E-state index >= 15 is 0 Å². The lowest BCUT2D eigenvalue weighted by atomic mass is 9.83. The van der Waals surface area contributed by atoms with Gasteiger partial charge in [0.2, 0.25) is 0 Å². The van der Waals surface area contributed by atoms with E-state index in [1.165, 1.54) is 0 Å². The number of nitrogens with two attached hydrogens (primary N) is 1. The molecule has 3 nitrogen and oxygen atoms in total. The van der Waals surface area contributed by atoms with Crippen LogP contribution in [0.15, 0.2) is 0 Å². The number of rotatable bonds is 1. The third kappa shape index (κ3) is 3.19. The Morgan fingerprint density at radius 1 is 1.12 bits per heavy atom. The van der Waals surface area contributed by atoms with Gasteiger partial charge in [0.05, 0.1) is 24.4 Å². The molecule has 1 aliphatic heterocycles. The van der Waals surface area contributed by atoms with Gasteiger partial charge >= 0.3 is 0 Å². The summed E-state index contributed by atoms with van der Waals surface area (Å²) in [7, 11) is 0. The predicted molar refractivity (Wildman–Crippen MR) is 66.2 cm³/mol. The van der Waals surface area contributed by atoms with Crippen LogP contribution < -0.4 is 5.73 Å². The molecule has 1 heterocycles. The van der Waals surface area contributed by atoms with Gasteiger partial charge in [-0.1, -0.05) is 41.5 Å². The molecule has 0 aromatic carbocycles. The third-order valence-electron chi connectivity index (χ3n) is 3.12. The van der Waals surface area contributed by atoms with Crippen molar-refractivity contribution in [1.82, 2.24) is 0 Å². The molecule has 0 aromatic rings. The molecular weight excluding hydrogens is 202 g/mol. The molecule has 1 saturated heterocycles. The van der Waals surface area contributed by atoms with Crippen LogP contribution in [0.1, 0.15) is 48.0 Å². The first-order valence-electron chi connectivity index (χ1n) is 6.11. The van der Waals surface area contributed by atoms with Gasteiger partial charge in [0.1, 0.15) is 0 Å². The van der Waals surface area contributed by atoms with E-state index in [0.29, 0.717) is 0 Å². The molecule has 0 spiro atoms. The molecule has 3 heteroatoms. The molecule has 0 saturated carbocycles. The van der Waals surface area contributed by atoms with E-state index in [0.717, 1.165) is 6.42 Å². The molecule has 96 valence electrons. The van der Waals surface area contributed by atoms with Gasteiger partial charge in [0, 0.05) is 0 Å². The summed E-state index contributed by atoms with van der Waals surface area (Å²) in [4.78, 5) is 0. The Labute approximate surface area is 99.4 Å². The molecule has 0 radical (unpaired) electrons. The lowest BCUT2D eigenvalue weighted by Gasteiger charge is -2.29. The first-order valence-corrected chi connectivity index (χ1v) is 6.11. The standard InChI is InChI=1S/C13H27NO2/c1-12(2,3)7-8-9(14)10(15)11(16-8)13(4,5)6/h8-11,15H,7,14H2,1-6H3. The Bertz CT molecular complexity index is 239. The topological polar surface area (TPSA) is 55.5 Å². The second kappa shape index (κ2) is 4.28. The van der Waals surface area contributed by atoms with E-state index in [1.54, 1.807) is 0 Å². The number of aliphatic hydroxyl groups excluding tert-OH is 1. The average Bonchev–Trinajstić information content (AvgIpc) is 2.28. The van der Waals surface area contributed by atoms with E-state index in [-0.39, 0.29) is 29.1 Å². The van der Waals surface area contributed by atoms with E-state index in [9.17, 15) is 5.11 Å². The highest BCUT2D eigenvalue weighted by Gasteiger charge is 2.47. The number of aliphatic hydroxyl groups is 1. The van der Waals surface area contributed by atoms with Crippen LogP contribution in [0.5, 0.6) is 0 Å². The molecule has 16 heavy (non-hydrogen) atoms. The zero-order valence-corrected chi connectivity index (χ0v) is 11.4. The largest absolute Gasteiger partial charge is 0.389 e. The molecule has 1 fully saturated rings. The van der Waals surface area contributed by atoms with Crippen molar-refractivity contribution >= 4 is 0 Å². The van der Waals surface area contributed by atoms with Crippen LogP contribution in [-0.4, -0.2) is 29.5 Å². The lowest BCUT2D eigenvalue weighted by molar-refractivity contribution is -0.0594. The second-order valence-electron chi connectivity index (χ2n) is 7.29. The maximum atomic E-state index is 10.1. The third-order valence-corrected chi connectivity index (χ3v) is 3.12. The van der Waals surface area contributed by atoms with Crippen LogP contribution in [0.25, 0.3) is 0 Å². The summed E-state index contributed by atoms with van der Waals surface area (Å²) in [6.07, 6.45) is 0.152. The molecule has 4 unspecified atom stereocenters. The van der Waals surface area contributed by atoms with E-state index in [4.69, 9.17) is 10.5 Å². The van der Waals surface area contributed by atoms with E-state index in [2.05, 4.69) is 41.5 Å². The summed E-state index contributed by atoms with van der Waals surface area (Å²) < 4.78 is 5.95. The van der Waals surface area contributed by atoms with Gasteiger partial charge in [-0.2, -0.15) is 0 Å². The molecule has 0 bridgehead atoms. The van der Waals surface area contributed by atoms with Crippen LogP contribution in [0, 0.1) is 10.8 Å². The molecule has 1 aliphatic rings. The first kappa shape index (κ1) is 13.9. The van der Waals surface area contributed by atoms with Crippen LogP contribution in [0.3, 0.4) is 0 Å². The van der Waals surface area contributed by atoms with Crippen LogP contribution in [-0.2, 0) is 4.74 Å². The van der Waals surface area contributed by atoms with Gasteiger partial charge in [-0.05, 0) is 17.3 Å². The van der Waals surface area contributed by atoms with Crippen molar-refractivity contribution in [2.24, 2.45) is 16.6 Å². The fourth-order valence-corrected chi connectivity index (χ4v) is 2.29. The number of hydrogen-bond acceptors (Lipinski definition) is 3. The zero-order chi connectivity index (χ0) is 12.7. The zero-order valence-electron chi connectivity index (χ0n) is 11.4. The van der Waals surface area contributed by atoms with E-state index in [1.807, 2.05) is 0 Å². The van der Waals surface area contributed by atoms with Crippen molar-refractivity contribution in [3.63, 3.8) is 0 Å². The maximum absolute atomic E-state index is 10.1. The highest BCUT2D eigenvalue weighted by Crippen LogP contribution is 2.37. The molecule has 0 aliphatic carbocycles. The molecule has 3 N–H and O–H groups in total. The normalized spacial score (nSPS) is 36.8. The van der Waals surface area contributed by atoms with Crippen LogP contribution in [0.2, 0.25) is 0 Å². The fourth-order valence-electron chi connectivity index (χ4n) is 2.29. The van der Waals surface area contributed by atoms with Crippen molar-refractivity contribution in [3.05, 3.63) is 0 Å². The second-order valence-corrected chi connectivity index (χ2v) is 7.29. The van der Waals surface area contributed by atoms with Crippen molar-refractivity contribution in [3.8, 4) is 0 Å². The highest BCUT2D eigenvalue weighted by molar-refractivity contribution is 4.99. The highest BCUT2D eigenvalue weighted by atomic mass is 16.5. The van der Waals surface area contributed by atoms with Crippen LogP contribution in [0.4, 0.5) is 0 Å². The van der Waals surface area contributed by atoms with Crippen molar-refractivity contribution in [2.75, 3.05) is 0 Å². The number of hydrogen-bond donors (Lipinski definition) is 2. The SMILES string of the molecule is CC(C)(C)CC1OC(C(C)(C)C)C(O)C1N. The Morgan fingerprint density at radius 3 is 1.94 bits per heavy atom. The molecular formula is C13H27NO2. The smallest absolute Gasteiger partial charge is 0.0982 e. The van der Waals surface area contributed by atoms with Crippen molar-refractivity contribution in [2.45, 2.75) is 72.3 Å². The molecule has 4 atom stereocenters. The van der Waals surface area contributed by atoms with Crippen molar-refractivity contribution < 1.29 is 9.84 Å². The summed E-state index contributed by atoms with van der Waals surface area (Å²) in [6.45, 7) is 12.7. The summed E-state index contributed by atoms with van der Waals surface area (Å²) in [5.41, 5.74) is 6.15. The summed E-state index contributed by atoms with van der Waals surface area (Å²) in [5.74, 6) is 0. The minimum atomic E-state index is -0.549. The quantitative estimate of drug-likeness (QED) is 0.722. The van der Waals surface area contributed by atoms with Crippen molar-refractivity contribution in [1.29, 1.82) is 0 Å². The Hall–Kier alpha value is -0.120. The molecule has 0 amide bonds. The fraction of sp³-hybridized carbons (Fsp3) is 1.00. The van der Waals surface area contributed by atoms with Gasteiger partial charge in [0.15, 0.2) is 0 Å². The Kier molecular flexibility index (Phi) is 3.73. The summed E-state index contributed by atoms with van der Waals surface area (Å²) in [5, 5.41) is 10.1. The van der Waals surface area contributed by atoms with Gasteiger partial charge in [0.25, 0.3) is 0 Å². The first-order chi connectivity index (χ1) is 7.02. The molecule has 1 rings (SSSR count). The van der Waals surface area contributed by atoms with Gasteiger partial charge in [-0.25, -0.2) is 0 Å². The summed E-state index contributed by atoms with van der Waals surface area (Å²) >= 11 is 0. The minimum absolute atomic E-state index is 0.0285. The minimum Gasteiger partial charge on any atom is -0.389 e. The Balaban J connectivity index is 2.72. The maximum Gasteiger partial charge on any atom is 0.0982 e. The molecule has 0 aromatic heterocycles. The monoisotopic (exact) mass is 229 g/mol. The van der Waals surface area contributed by atoms with Crippen LogP contribution >= 0.6 is 0 Å². The van der Waals surface area contributed by atoms with Gasteiger partial charge in [-0.3, -0.25) is 0 Å². The Morgan fingerprint density at radius 2 is 1.62 bits per heavy atom.